The van der Waals surface area contributed by atoms with Crippen LogP contribution in [0.25, 0.3) is 0 Å². The van der Waals surface area contributed by atoms with E-state index in [1.54, 1.807) is 18.2 Å². The van der Waals surface area contributed by atoms with E-state index in [0.717, 1.165) is 16.8 Å². The predicted octanol–water partition coefficient (Wildman–Crippen LogP) is 4.97. The lowest BCUT2D eigenvalue weighted by Gasteiger charge is -2.17. The summed E-state index contributed by atoms with van der Waals surface area (Å²) >= 11 is 11.9. The summed E-state index contributed by atoms with van der Waals surface area (Å²) in [6, 6.07) is 10.6. The van der Waals surface area contributed by atoms with Crippen LogP contribution in [-0.4, -0.2) is 11.8 Å². The van der Waals surface area contributed by atoms with Crippen molar-refractivity contribution in [2.75, 3.05) is 10.6 Å². The number of anilines is 2. The molecule has 0 atom stereocenters. The molecule has 2 aromatic rings. The van der Waals surface area contributed by atoms with Gasteiger partial charge in [0.25, 0.3) is 0 Å². The number of hydrogen-bond acceptors (Lipinski definition) is 2. The van der Waals surface area contributed by atoms with Crippen LogP contribution < -0.4 is 10.6 Å². The number of amides is 2. The summed E-state index contributed by atoms with van der Waals surface area (Å²) in [6.07, 6.45) is 1.04. The van der Waals surface area contributed by atoms with E-state index < -0.39 is 5.41 Å². The molecule has 25 heavy (non-hydrogen) atoms. The lowest BCUT2D eigenvalue weighted by molar-refractivity contribution is -0.131. The largest absolute Gasteiger partial charge is 0.325 e. The van der Waals surface area contributed by atoms with Crippen molar-refractivity contribution >= 4 is 46.4 Å². The topological polar surface area (TPSA) is 58.2 Å². The molecule has 0 bridgehead atoms. The molecule has 130 valence electrons. The van der Waals surface area contributed by atoms with E-state index in [2.05, 4.69) is 10.6 Å². The second-order valence-corrected chi connectivity index (χ2v) is 7.34. The van der Waals surface area contributed by atoms with Crippen molar-refractivity contribution in [1.82, 2.24) is 0 Å². The first-order valence-electron chi connectivity index (χ1n) is 7.96. The predicted molar refractivity (Wildman–Crippen MR) is 101 cm³/mol. The second-order valence-electron chi connectivity index (χ2n) is 6.47. The molecule has 2 amide bonds. The molecule has 0 aromatic heterocycles. The van der Waals surface area contributed by atoms with E-state index in [-0.39, 0.29) is 11.8 Å². The van der Waals surface area contributed by atoms with Crippen LogP contribution >= 0.6 is 23.2 Å². The average Bonchev–Trinajstić information content (AvgIpc) is 3.30. The minimum absolute atomic E-state index is 0.287. The summed E-state index contributed by atoms with van der Waals surface area (Å²) in [4.78, 5) is 25.3. The zero-order valence-electron chi connectivity index (χ0n) is 14.0. The van der Waals surface area contributed by atoms with Crippen molar-refractivity contribution < 1.29 is 9.59 Å². The van der Waals surface area contributed by atoms with Gasteiger partial charge in [0.1, 0.15) is 5.41 Å². The monoisotopic (exact) mass is 376 g/mol. The highest BCUT2D eigenvalue weighted by Crippen LogP contribution is 2.47. The van der Waals surface area contributed by atoms with Gasteiger partial charge < -0.3 is 10.6 Å². The highest BCUT2D eigenvalue weighted by molar-refractivity contribution is 6.35. The summed E-state index contributed by atoms with van der Waals surface area (Å²) in [5.74, 6) is -0.627. The molecule has 0 spiro atoms. The van der Waals surface area contributed by atoms with Gasteiger partial charge in [-0.05, 0) is 56.5 Å². The molecule has 0 unspecified atom stereocenters. The van der Waals surface area contributed by atoms with Gasteiger partial charge in [0, 0.05) is 21.4 Å². The average molecular weight is 377 g/mol. The molecule has 0 saturated heterocycles. The molecule has 2 N–H and O–H groups in total. The van der Waals surface area contributed by atoms with Gasteiger partial charge in [-0.2, -0.15) is 0 Å². The molecule has 6 heteroatoms. The highest BCUT2D eigenvalue weighted by atomic mass is 35.5. The van der Waals surface area contributed by atoms with E-state index in [4.69, 9.17) is 23.2 Å². The minimum Gasteiger partial charge on any atom is -0.325 e. The molecule has 1 aliphatic carbocycles. The van der Waals surface area contributed by atoms with Gasteiger partial charge in [-0.15, -0.1) is 0 Å². The Morgan fingerprint density at radius 3 is 2.08 bits per heavy atom. The highest BCUT2D eigenvalue weighted by Gasteiger charge is 2.56. The SMILES string of the molecule is Cc1ccc(NC(=O)C2(C(=O)Nc3cc(Cl)cc(Cl)c3)CC2)c(C)c1. The number of carbonyl (C=O) groups excluding carboxylic acids is 2. The molecular weight excluding hydrogens is 359 g/mol. The Bertz CT molecular complexity index is 840. The second kappa shape index (κ2) is 6.70. The summed E-state index contributed by atoms with van der Waals surface area (Å²) in [7, 11) is 0. The van der Waals surface area contributed by atoms with Crippen LogP contribution in [0.4, 0.5) is 11.4 Å². The lowest BCUT2D eigenvalue weighted by atomic mass is 10.0. The van der Waals surface area contributed by atoms with Crippen molar-refractivity contribution in [3.8, 4) is 0 Å². The van der Waals surface area contributed by atoms with Gasteiger partial charge in [0.2, 0.25) is 11.8 Å². The van der Waals surface area contributed by atoms with Gasteiger partial charge in [-0.25, -0.2) is 0 Å². The Balaban J connectivity index is 1.74. The number of hydrogen-bond donors (Lipinski definition) is 2. The third-order valence-corrected chi connectivity index (χ3v) is 4.81. The number of carbonyl (C=O) groups is 2. The Hall–Kier alpha value is -2.04. The van der Waals surface area contributed by atoms with Gasteiger partial charge in [-0.3, -0.25) is 9.59 Å². The molecular formula is C19H18Cl2N2O2. The van der Waals surface area contributed by atoms with Crippen molar-refractivity contribution in [2.45, 2.75) is 26.7 Å². The van der Waals surface area contributed by atoms with E-state index in [0.29, 0.717) is 28.6 Å². The first-order chi connectivity index (χ1) is 11.8. The third kappa shape index (κ3) is 3.80. The summed E-state index contributed by atoms with van der Waals surface area (Å²) in [5.41, 5.74) is 2.25. The normalized spacial score (nSPS) is 14.7. The van der Waals surface area contributed by atoms with E-state index in [1.807, 2.05) is 32.0 Å². The molecule has 3 rings (SSSR count). The molecule has 4 nitrogen and oxygen atoms in total. The van der Waals surface area contributed by atoms with Crippen LogP contribution in [0.5, 0.6) is 0 Å². The Morgan fingerprint density at radius 1 is 0.920 bits per heavy atom. The number of rotatable bonds is 4. The summed E-state index contributed by atoms with van der Waals surface area (Å²) in [5, 5.41) is 6.47. The van der Waals surface area contributed by atoms with E-state index >= 15 is 0 Å². The van der Waals surface area contributed by atoms with Gasteiger partial charge in [0.05, 0.1) is 0 Å². The number of benzene rings is 2. The summed E-state index contributed by atoms with van der Waals surface area (Å²) < 4.78 is 0. The maximum Gasteiger partial charge on any atom is 0.240 e. The molecule has 0 aliphatic heterocycles. The molecule has 1 aliphatic rings. The van der Waals surface area contributed by atoms with Gasteiger partial charge >= 0.3 is 0 Å². The van der Waals surface area contributed by atoms with Crippen molar-refractivity contribution in [3.05, 3.63) is 57.6 Å². The minimum atomic E-state index is -1.04. The van der Waals surface area contributed by atoms with E-state index in [1.165, 1.54) is 0 Å². The fourth-order valence-corrected chi connectivity index (χ4v) is 3.28. The number of nitrogens with one attached hydrogen (secondary N) is 2. The maximum absolute atomic E-state index is 12.7. The Morgan fingerprint density at radius 2 is 1.52 bits per heavy atom. The Labute approximate surface area is 156 Å². The molecule has 2 aromatic carbocycles. The van der Waals surface area contributed by atoms with Crippen LogP contribution in [-0.2, 0) is 9.59 Å². The zero-order chi connectivity index (χ0) is 18.2. The summed E-state index contributed by atoms with van der Waals surface area (Å²) in [6.45, 7) is 3.92. The first kappa shape index (κ1) is 17.8. The fraction of sp³-hybridized carbons (Fsp3) is 0.263. The van der Waals surface area contributed by atoms with E-state index in [9.17, 15) is 9.59 Å². The van der Waals surface area contributed by atoms with Crippen LogP contribution in [0.15, 0.2) is 36.4 Å². The standard InChI is InChI=1S/C19H18Cl2N2O2/c1-11-3-4-16(12(2)7-11)23-18(25)19(5-6-19)17(24)22-15-9-13(20)8-14(21)10-15/h3-4,7-10H,5-6H2,1-2H3,(H,22,24)(H,23,25). The van der Waals surface area contributed by atoms with Crippen LogP contribution in [0.3, 0.4) is 0 Å². The fourth-order valence-electron chi connectivity index (χ4n) is 2.75. The van der Waals surface area contributed by atoms with Crippen molar-refractivity contribution in [3.63, 3.8) is 0 Å². The van der Waals surface area contributed by atoms with Crippen LogP contribution in [0.1, 0.15) is 24.0 Å². The number of aryl methyl sites for hydroxylation is 2. The molecule has 0 heterocycles. The zero-order valence-corrected chi connectivity index (χ0v) is 15.5. The van der Waals surface area contributed by atoms with Gasteiger partial charge in [0.15, 0.2) is 0 Å². The van der Waals surface area contributed by atoms with Crippen molar-refractivity contribution in [2.24, 2.45) is 5.41 Å². The first-order valence-corrected chi connectivity index (χ1v) is 8.72. The van der Waals surface area contributed by atoms with Gasteiger partial charge in [-0.1, -0.05) is 40.9 Å². The quantitative estimate of drug-likeness (QED) is 0.740. The number of halogens is 2. The molecule has 1 saturated carbocycles. The molecule has 0 radical (unpaired) electrons. The third-order valence-electron chi connectivity index (χ3n) is 4.37. The lowest BCUT2D eigenvalue weighted by Crippen LogP contribution is -2.35. The smallest absolute Gasteiger partial charge is 0.240 e. The van der Waals surface area contributed by atoms with Crippen molar-refractivity contribution in [1.29, 1.82) is 0 Å². The van der Waals surface area contributed by atoms with Crippen LogP contribution in [0.2, 0.25) is 10.0 Å². The molecule has 1 fully saturated rings. The van der Waals surface area contributed by atoms with Crippen LogP contribution in [0, 0.1) is 19.3 Å². The Kier molecular flexibility index (Phi) is 4.76. The maximum atomic E-state index is 12.7.